The Hall–Kier alpha value is -1.27. The standard InChI is InChI=1S/C21H29ClN2O3S/c1-3-19(24(28(2,26)27)18-6-4-17(22)5-7-18)20(25)23-21-11-14-8-15(12-21)10-16(9-14)13-21/h4-7,14-16,19H,3,8-13H2,1-2H3,(H,23,25)/t14?,15?,16?,19-,21?/m0/s1. The van der Waals surface area contributed by atoms with Crippen molar-refractivity contribution in [2.75, 3.05) is 10.6 Å². The van der Waals surface area contributed by atoms with Crippen molar-refractivity contribution < 1.29 is 13.2 Å². The largest absolute Gasteiger partial charge is 0.349 e. The molecule has 4 fully saturated rings. The molecule has 1 atom stereocenters. The molecule has 0 aliphatic heterocycles. The smallest absolute Gasteiger partial charge is 0.244 e. The molecule has 4 saturated carbocycles. The van der Waals surface area contributed by atoms with Crippen molar-refractivity contribution in [1.29, 1.82) is 0 Å². The van der Waals surface area contributed by atoms with Crippen LogP contribution in [-0.4, -0.2) is 32.2 Å². The molecule has 7 heteroatoms. The van der Waals surface area contributed by atoms with Gasteiger partial charge in [0, 0.05) is 10.6 Å². The predicted octanol–water partition coefficient (Wildman–Crippen LogP) is 3.97. The van der Waals surface area contributed by atoms with Crippen molar-refractivity contribution in [2.24, 2.45) is 17.8 Å². The SMILES string of the molecule is CC[C@@H](C(=O)NC12CC3CC(CC(C3)C1)C2)N(c1ccc(Cl)cc1)S(C)(=O)=O. The van der Waals surface area contributed by atoms with Crippen LogP contribution in [0.3, 0.4) is 0 Å². The molecule has 5 rings (SSSR count). The summed E-state index contributed by atoms with van der Waals surface area (Å²) in [6, 6.07) is 5.86. The Balaban J connectivity index is 1.59. The van der Waals surface area contributed by atoms with E-state index in [1.807, 2.05) is 6.92 Å². The molecule has 0 spiro atoms. The number of hydrogen-bond donors (Lipinski definition) is 1. The van der Waals surface area contributed by atoms with Gasteiger partial charge in [0.25, 0.3) is 0 Å². The Morgan fingerprint density at radius 3 is 2.07 bits per heavy atom. The fraction of sp³-hybridized carbons (Fsp3) is 0.667. The molecule has 0 aromatic heterocycles. The lowest BCUT2D eigenvalue weighted by molar-refractivity contribution is -0.128. The minimum Gasteiger partial charge on any atom is -0.349 e. The fourth-order valence-corrected chi connectivity index (χ4v) is 7.59. The van der Waals surface area contributed by atoms with Gasteiger partial charge < -0.3 is 5.32 Å². The molecule has 1 aromatic carbocycles. The minimum absolute atomic E-state index is 0.136. The maximum Gasteiger partial charge on any atom is 0.244 e. The zero-order chi connectivity index (χ0) is 20.1. The van der Waals surface area contributed by atoms with Gasteiger partial charge in [0.15, 0.2) is 0 Å². The Morgan fingerprint density at radius 2 is 1.64 bits per heavy atom. The Labute approximate surface area is 172 Å². The van der Waals surface area contributed by atoms with Gasteiger partial charge >= 0.3 is 0 Å². The maximum absolute atomic E-state index is 13.3. The first kappa shape index (κ1) is 20.0. The molecule has 4 aliphatic carbocycles. The van der Waals surface area contributed by atoms with Crippen molar-refractivity contribution in [1.82, 2.24) is 5.32 Å². The summed E-state index contributed by atoms with van der Waals surface area (Å²) < 4.78 is 26.4. The fourth-order valence-electron chi connectivity index (χ4n) is 6.26. The van der Waals surface area contributed by atoms with Gasteiger partial charge in [-0.3, -0.25) is 9.10 Å². The molecule has 0 saturated heterocycles. The number of carbonyl (C=O) groups is 1. The van der Waals surface area contributed by atoms with E-state index in [1.54, 1.807) is 24.3 Å². The van der Waals surface area contributed by atoms with Crippen molar-refractivity contribution >= 4 is 33.2 Å². The third-order valence-corrected chi connectivity index (χ3v) is 8.27. The van der Waals surface area contributed by atoms with Gasteiger partial charge in [0.05, 0.1) is 11.9 Å². The number of carbonyl (C=O) groups excluding carboxylic acids is 1. The number of rotatable bonds is 6. The lowest BCUT2D eigenvalue weighted by Gasteiger charge is -2.57. The van der Waals surface area contributed by atoms with Crippen LogP contribution in [0.15, 0.2) is 24.3 Å². The molecule has 4 aliphatic rings. The summed E-state index contributed by atoms with van der Waals surface area (Å²) in [6.45, 7) is 1.86. The van der Waals surface area contributed by atoms with Gasteiger partial charge in [0.2, 0.25) is 15.9 Å². The molecule has 154 valence electrons. The summed E-state index contributed by atoms with van der Waals surface area (Å²) in [5, 5.41) is 3.87. The van der Waals surface area contributed by atoms with Gasteiger partial charge in [0.1, 0.15) is 6.04 Å². The molecule has 1 aromatic rings. The molecule has 5 nitrogen and oxygen atoms in total. The monoisotopic (exact) mass is 424 g/mol. The molecular formula is C21H29ClN2O3S. The summed E-state index contributed by atoms with van der Waals surface area (Å²) in [5.41, 5.74) is 0.335. The van der Waals surface area contributed by atoms with Gasteiger partial charge in [-0.1, -0.05) is 18.5 Å². The normalized spacial score (nSPS) is 32.2. The first-order chi connectivity index (χ1) is 13.2. The van der Waals surface area contributed by atoms with E-state index in [9.17, 15) is 13.2 Å². The second-order valence-electron chi connectivity index (χ2n) is 9.15. The second-order valence-corrected chi connectivity index (χ2v) is 11.4. The van der Waals surface area contributed by atoms with E-state index in [2.05, 4.69) is 5.32 Å². The quantitative estimate of drug-likeness (QED) is 0.751. The van der Waals surface area contributed by atoms with Gasteiger partial charge in [-0.25, -0.2) is 8.42 Å². The Kier molecular flexibility index (Phi) is 5.15. The Morgan fingerprint density at radius 1 is 1.14 bits per heavy atom. The van der Waals surface area contributed by atoms with Gasteiger partial charge in [-0.2, -0.15) is 0 Å². The summed E-state index contributed by atoms with van der Waals surface area (Å²) in [5.74, 6) is 1.97. The van der Waals surface area contributed by atoms with Crippen LogP contribution in [-0.2, 0) is 14.8 Å². The molecule has 1 amide bonds. The van der Waals surface area contributed by atoms with Gasteiger partial charge in [-0.15, -0.1) is 0 Å². The number of sulfonamides is 1. The van der Waals surface area contributed by atoms with Crippen LogP contribution in [0.5, 0.6) is 0 Å². The third-order valence-electron chi connectivity index (χ3n) is 6.84. The highest BCUT2D eigenvalue weighted by atomic mass is 35.5. The first-order valence-electron chi connectivity index (χ1n) is 10.3. The van der Waals surface area contributed by atoms with E-state index < -0.39 is 16.1 Å². The van der Waals surface area contributed by atoms with E-state index >= 15 is 0 Å². The highest BCUT2D eigenvalue weighted by Crippen LogP contribution is 2.55. The molecule has 0 unspecified atom stereocenters. The van der Waals surface area contributed by atoms with E-state index in [4.69, 9.17) is 11.6 Å². The second kappa shape index (κ2) is 7.21. The van der Waals surface area contributed by atoms with Crippen LogP contribution in [0.25, 0.3) is 0 Å². The summed E-state index contributed by atoms with van der Waals surface area (Å²) in [4.78, 5) is 13.3. The average Bonchev–Trinajstić information content (AvgIpc) is 2.57. The minimum atomic E-state index is -3.62. The number of nitrogens with one attached hydrogen (secondary N) is 1. The average molecular weight is 425 g/mol. The third kappa shape index (κ3) is 3.78. The summed E-state index contributed by atoms with van der Waals surface area (Å²) in [7, 11) is -3.62. The number of benzene rings is 1. The predicted molar refractivity (Wildman–Crippen MR) is 112 cm³/mol. The Bertz CT molecular complexity index is 818. The lowest BCUT2D eigenvalue weighted by Crippen LogP contribution is -2.63. The van der Waals surface area contributed by atoms with Crippen LogP contribution < -0.4 is 9.62 Å². The van der Waals surface area contributed by atoms with Crippen molar-refractivity contribution in [3.05, 3.63) is 29.3 Å². The molecular weight excluding hydrogens is 396 g/mol. The number of amides is 1. The van der Waals surface area contributed by atoms with E-state index in [1.165, 1.54) is 23.6 Å². The van der Waals surface area contributed by atoms with Crippen LogP contribution in [0.2, 0.25) is 5.02 Å². The molecule has 0 radical (unpaired) electrons. The molecule has 0 heterocycles. The number of anilines is 1. The van der Waals surface area contributed by atoms with Crippen LogP contribution in [0.4, 0.5) is 5.69 Å². The van der Waals surface area contributed by atoms with Crippen LogP contribution in [0.1, 0.15) is 51.9 Å². The summed E-state index contributed by atoms with van der Waals surface area (Å²) >= 11 is 5.96. The number of hydrogen-bond acceptors (Lipinski definition) is 3. The molecule has 1 N–H and O–H groups in total. The lowest BCUT2D eigenvalue weighted by atomic mass is 9.53. The number of halogens is 1. The van der Waals surface area contributed by atoms with E-state index in [0.717, 1.165) is 25.5 Å². The summed E-state index contributed by atoms with van der Waals surface area (Å²) in [6.07, 6.45) is 8.59. The van der Waals surface area contributed by atoms with E-state index in [0.29, 0.717) is 34.9 Å². The number of nitrogens with zero attached hydrogens (tertiary/aromatic N) is 1. The maximum atomic E-state index is 13.3. The van der Waals surface area contributed by atoms with Crippen molar-refractivity contribution in [3.8, 4) is 0 Å². The molecule has 4 bridgehead atoms. The van der Waals surface area contributed by atoms with Gasteiger partial charge in [-0.05, 0) is 87.0 Å². The zero-order valence-corrected chi connectivity index (χ0v) is 18.1. The van der Waals surface area contributed by atoms with Crippen LogP contribution >= 0.6 is 11.6 Å². The molecule has 28 heavy (non-hydrogen) atoms. The van der Waals surface area contributed by atoms with Crippen molar-refractivity contribution in [2.45, 2.75) is 63.5 Å². The van der Waals surface area contributed by atoms with E-state index in [-0.39, 0.29) is 11.4 Å². The highest BCUT2D eigenvalue weighted by Gasteiger charge is 2.52. The zero-order valence-electron chi connectivity index (χ0n) is 16.5. The van der Waals surface area contributed by atoms with Crippen molar-refractivity contribution in [3.63, 3.8) is 0 Å². The first-order valence-corrected chi connectivity index (χ1v) is 12.5. The topological polar surface area (TPSA) is 66.5 Å². The highest BCUT2D eigenvalue weighted by molar-refractivity contribution is 7.92. The van der Waals surface area contributed by atoms with Crippen LogP contribution in [0, 0.1) is 17.8 Å².